The van der Waals surface area contributed by atoms with E-state index < -0.39 is 5.54 Å². The summed E-state index contributed by atoms with van der Waals surface area (Å²) in [6.07, 6.45) is 1.88. The number of aryl methyl sites for hydroxylation is 1. The van der Waals surface area contributed by atoms with Gasteiger partial charge in [0, 0.05) is 18.1 Å². The van der Waals surface area contributed by atoms with Crippen molar-refractivity contribution in [2.45, 2.75) is 37.8 Å². The molecule has 3 aliphatic heterocycles. The number of rotatable bonds is 2. The van der Waals surface area contributed by atoms with Crippen LogP contribution in [0.3, 0.4) is 0 Å². The maximum atomic E-state index is 13.6. The number of hydrogen-bond acceptors (Lipinski definition) is 4. The van der Waals surface area contributed by atoms with E-state index in [4.69, 9.17) is 11.6 Å². The Kier molecular flexibility index (Phi) is 4.09. The maximum Gasteiger partial charge on any atom is 0.256 e. The molecule has 2 amide bonds. The number of hydrazine groups is 1. The average molecular weight is 396 g/mol. The van der Waals surface area contributed by atoms with E-state index in [0.29, 0.717) is 17.1 Å². The summed E-state index contributed by atoms with van der Waals surface area (Å²) in [4.78, 5) is 27.9. The average Bonchev–Trinajstić information content (AvgIpc) is 3.33. The monoisotopic (exact) mass is 395 g/mol. The second kappa shape index (κ2) is 6.41. The Morgan fingerprint density at radius 1 is 1.00 bits per heavy atom. The van der Waals surface area contributed by atoms with Gasteiger partial charge in [-0.2, -0.15) is 0 Å². The van der Waals surface area contributed by atoms with Gasteiger partial charge in [-0.05, 0) is 49.6 Å². The van der Waals surface area contributed by atoms with Crippen LogP contribution >= 0.6 is 11.6 Å². The molecule has 2 aromatic carbocycles. The van der Waals surface area contributed by atoms with Gasteiger partial charge in [-0.15, -0.1) is 0 Å². The van der Waals surface area contributed by atoms with Gasteiger partial charge in [0.25, 0.3) is 5.91 Å². The Hall–Kier alpha value is -2.21. The third kappa shape index (κ3) is 2.54. The Morgan fingerprint density at radius 3 is 2.43 bits per heavy atom. The molecule has 0 unspecified atom stereocenters. The number of carbonyl (C=O) groups excluding carboxylic acids is 2. The van der Waals surface area contributed by atoms with Gasteiger partial charge in [0.05, 0.1) is 18.2 Å². The lowest BCUT2D eigenvalue weighted by molar-refractivity contribution is -0.131. The quantitative estimate of drug-likeness (QED) is 0.727. The van der Waals surface area contributed by atoms with Crippen molar-refractivity contribution in [1.29, 1.82) is 0 Å². The number of fused-ring (bicyclic) bond motifs is 2. The largest absolute Gasteiger partial charge is 0.274 e. The first kappa shape index (κ1) is 17.9. The Labute approximate surface area is 169 Å². The van der Waals surface area contributed by atoms with E-state index in [-0.39, 0.29) is 24.3 Å². The first-order chi connectivity index (χ1) is 13.5. The van der Waals surface area contributed by atoms with Crippen LogP contribution in [0.2, 0.25) is 5.02 Å². The molecular formula is C22H22ClN3O2. The topological polar surface area (TPSA) is 43.9 Å². The molecular weight excluding hydrogens is 374 g/mol. The van der Waals surface area contributed by atoms with Gasteiger partial charge in [-0.1, -0.05) is 41.4 Å². The smallest absolute Gasteiger partial charge is 0.256 e. The van der Waals surface area contributed by atoms with E-state index in [2.05, 4.69) is 41.2 Å². The third-order valence-corrected chi connectivity index (χ3v) is 6.55. The zero-order chi connectivity index (χ0) is 19.5. The van der Waals surface area contributed by atoms with Crippen molar-refractivity contribution in [2.24, 2.45) is 0 Å². The molecule has 3 saturated heterocycles. The molecule has 3 aliphatic rings. The maximum absolute atomic E-state index is 13.6. The fourth-order valence-corrected chi connectivity index (χ4v) is 5.09. The van der Waals surface area contributed by atoms with Crippen molar-refractivity contribution < 1.29 is 9.59 Å². The molecule has 3 fully saturated rings. The Bertz CT molecular complexity index is 943. The minimum absolute atomic E-state index is 0.110. The minimum atomic E-state index is -0.775. The van der Waals surface area contributed by atoms with Crippen LogP contribution in [0.25, 0.3) is 0 Å². The first-order valence-electron chi connectivity index (χ1n) is 9.73. The summed E-state index contributed by atoms with van der Waals surface area (Å²) in [6, 6.07) is 15.6. The third-order valence-electron chi connectivity index (χ3n) is 6.29. The van der Waals surface area contributed by atoms with Crippen molar-refractivity contribution >= 4 is 29.1 Å². The second-order valence-corrected chi connectivity index (χ2v) is 8.43. The fourth-order valence-electron chi connectivity index (χ4n) is 4.96. The van der Waals surface area contributed by atoms with E-state index in [9.17, 15) is 9.59 Å². The molecule has 0 aliphatic carbocycles. The van der Waals surface area contributed by atoms with Crippen molar-refractivity contribution in [1.82, 2.24) is 10.0 Å². The molecule has 0 N–H and O–H groups in total. The van der Waals surface area contributed by atoms with E-state index in [1.54, 1.807) is 24.3 Å². The zero-order valence-electron chi connectivity index (χ0n) is 15.8. The molecule has 2 atom stereocenters. The highest BCUT2D eigenvalue weighted by Gasteiger charge is 2.63. The van der Waals surface area contributed by atoms with E-state index in [0.717, 1.165) is 19.5 Å². The lowest BCUT2D eigenvalue weighted by atomic mass is 9.87. The summed E-state index contributed by atoms with van der Waals surface area (Å²) < 4.78 is 0. The van der Waals surface area contributed by atoms with Gasteiger partial charge >= 0.3 is 0 Å². The van der Waals surface area contributed by atoms with Crippen LogP contribution in [0.1, 0.15) is 36.4 Å². The lowest BCUT2D eigenvalue weighted by Gasteiger charge is -2.32. The molecule has 5 nitrogen and oxygen atoms in total. The van der Waals surface area contributed by atoms with E-state index in [1.165, 1.54) is 16.0 Å². The summed E-state index contributed by atoms with van der Waals surface area (Å²) in [7, 11) is 0. The highest BCUT2D eigenvalue weighted by Crippen LogP contribution is 2.50. The summed E-state index contributed by atoms with van der Waals surface area (Å²) in [5.41, 5.74) is 2.25. The molecule has 144 valence electrons. The number of benzene rings is 2. The predicted octanol–water partition coefficient (Wildman–Crippen LogP) is 3.72. The number of amides is 2. The number of carbonyl (C=O) groups is 2. The zero-order valence-corrected chi connectivity index (χ0v) is 16.5. The molecule has 2 aromatic rings. The molecule has 0 bridgehead atoms. The molecule has 0 aromatic heterocycles. The number of halogens is 1. The molecule has 1 spiro atoms. The normalized spacial score (nSPS) is 27.9. The standard InChI is InChI=1S/C22H22ClN3O2/c1-15-3-5-16(6-4-15)19-13-22(25-12-2-11-24(19)25)14-20(27)26(21(22)28)18-9-7-17(23)8-10-18/h3-10,19H,2,11-14H2,1H3/t19-,22-/m0/s1. The van der Waals surface area contributed by atoms with Crippen molar-refractivity contribution in [3.63, 3.8) is 0 Å². The highest BCUT2D eigenvalue weighted by molar-refractivity contribution is 6.31. The van der Waals surface area contributed by atoms with Crippen LogP contribution in [0.5, 0.6) is 0 Å². The van der Waals surface area contributed by atoms with Crippen LogP contribution in [-0.2, 0) is 9.59 Å². The van der Waals surface area contributed by atoms with Crippen LogP contribution in [0.4, 0.5) is 5.69 Å². The fraction of sp³-hybridized carbons (Fsp3) is 0.364. The minimum Gasteiger partial charge on any atom is -0.274 e. The highest BCUT2D eigenvalue weighted by atomic mass is 35.5. The Morgan fingerprint density at radius 2 is 1.71 bits per heavy atom. The van der Waals surface area contributed by atoms with E-state index in [1.807, 2.05) is 0 Å². The van der Waals surface area contributed by atoms with Gasteiger partial charge in [0.1, 0.15) is 5.54 Å². The number of hydrogen-bond donors (Lipinski definition) is 0. The first-order valence-corrected chi connectivity index (χ1v) is 10.1. The summed E-state index contributed by atoms with van der Waals surface area (Å²) >= 11 is 5.98. The molecule has 0 radical (unpaired) electrons. The van der Waals surface area contributed by atoms with Gasteiger partial charge in [-0.3, -0.25) is 9.59 Å². The molecule has 5 rings (SSSR count). The molecule has 0 saturated carbocycles. The molecule has 6 heteroatoms. The molecule has 28 heavy (non-hydrogen) atoms. The van der Waals surface area contributed by atoms with Crippen LogP contribution in [-0.4, -0.2) is 40.5 Å². The number of nitrogens with zero attached hydrogens (tertiary/aromatic N) is 3. The summed E-state index contributed by atoms with van der Waals surface area (Å²) in [6.45, 7) is 3.81. The van der Waals surface area contributed by atoms with Crippen LogP contribution < -0.4 is 4.90 Å². The number of anilines is 1. The number of imide groups is 1. The SMILES string of the molecule is Cc1ccc([C@@H]2C[C@@]3(CC(=O)N(c4ccc(Cl)cc4)C3=O)N3CCCN23)cc1. The van der Waals surface area contributed by atoms with Gasteiger partial charge in [0.15, 0.2) is 0 Å². The van der Waals surface area contributed by atoms with Crippen LogP contribution in [0.15, 0.2) is 48.5 Å². The predicted molar refractivity (Wildman–Crippen MR) is 108 cm³/mol. The lowest BCUT2D eigenvalue weighted by Crippen LogP contribution is -2.52. The van der Waals surface area contributed by atoms with Gasteiger partial charge in [-0.25, -0.2) is 14.9 Å². The Balaban J connectivity index is 1.52. The molecule has 3 heterocycles. The van der Waals surface area contributed by atoms with Gasteiger partial charge < -0.3 is 0 Å². The summed E-state index contributed by atoms with van der Waals surface area (Å²) in [5.74, 6) is -0.245. The second-order valence-electron chi connectivity index (χ2n) is 7.99. The van der Waals surface area contributed by atoms with Crippen molar-refractivity contribution in [3.8, 4) is 0 Å². The van der Waals surface area contributed by atoms with Gasteiger partial charge in [0.2, 0.25) is 5.91 Å². The van der Waals surface area contributed by atoms with E-state index >= 15 is 0 Å². The van der Waals surface area contributed by atoms with Crippen molar-refractivity contribution in [2.75, 3.05) is 18.0 Å². The van der Waals surface area contributed by atoms with Crippen LogP contribution in [0, 0.1) is 6.92 Å². The van der Waals surface area contributed by atoms with Crippen molar-refractivity contribution in [3.05, 3.63) is 64.7 Å². The summed E-state index contributed by atoms with van der Waals surface area (Å²) in [5, 5.41) is 5.07.